The van der Waals surface area contributed by atoms with Gasteiger partial charge in [-0.1, -0.05) is 25.0 Å². The summed E-state index contributed by atoms with van der Waals surface area (Å²) in [6.07, 6.45) is 4.48. The Bertz CT molecular complexity index is 481. The molecule has 116 valence electrons. The number of methoxy groups -OCH3 is 1. The maximum atomic E-state index is 12.0. The van der Waals surface area contributed by atoms with Crippen LogP contribution in [0.1, 0.15) is 44.6 Å². The number of carbonyl (C=O) groups is 1. The van der Waals surface area contributed by atoms with Crippen LogP contribution in [0.4, 0.5) is 0 Å². The van der Waals surface area contributed by atoms with Crippen molar-refractivity contribution in [1.29, 1.82) is 0 Å². The maximum Gasteiger partial charge on any atom is 0.223 e. The lowest BCUT2D eigenvalue weighted by Gasteiger charge is -2.23. The van der Waals surface area contributed by atoms with Crippen LogP contribution in [-0.4, -0.2) is 29.8 Å². The smallest absolute Gasteiger partial charge is 0.223 e. The molecular weight excluding hydrogens is 266 g/mol. The van der Waals surface area contributed by atoms with Crippen LogP contribution in [-0.2, 0) is 11.2 Å². The van der Waals surface area contributed by atoms with Gasteiger partial charge in [-0.3, -0.25) is 4.79 Å². The SMILES string of the molecule is COc1cccc(CC(C)NC(=O)CC2(O)CCCC2)c1. The fourth-order valence-electron chi connectivity index (χ4n) is 3.04. The van der Waals surface area contributed by atoms with Gasteiger partial charge in [0.2, 0.25) is 5.91 Å². The number of nitrogens with one attached hydrogen (secondary N) is 1. The molecule has 1 fully saturated rings. The molecule has 0 aromatic heterocycles. The van der Waals surface area contributed by atoms with Gasteiger partial charge in [0.05, 0.1) is 19.1 Å². The minimum Gasteiger partial charge on any atom is -0.497 e. The predicted molar refractivity (Wildman–Crippen MR) is 82.3 cm³/mol. The molecule has 4 heteroatoms. The predicted octanol–water partition coefficient (Wildman–Crippen LogP) is 2.44. The highest BCUT2D eigenvalue weighted by Gasteiger charge is 2.33. The first-order valence-corrected chi connectivity index (χ1v) is 7.65. The quantitative estimate of drug-likeness (QED) is 0.846. The van der Waals surface area contributed by atoms with Crippen molar-refractivity contribution < 1.29 is 14.6 Å². The van der Waals surface area contributed by atoms with Crippen LogP contribution in [0, 0.1) is 0 Å². The number of hydrogen-bond acceptors (Lipinski definition) is 3. The van der Waals surface area contributed by atoms with E-state index in [9.17, 15) is 9.90 Å². The third-order valence-electron chi connectivity index (χ3n) is 4.11. The molecule has 21 heavy (non-hydrogen) atoms. The van der Waals surface area contributed by atoms with Gasteiger partial charge in [-0.2, -0.15) is 0 Å². The summed E-state index contributed by atoms with van der Waals surface area (Å²) in [7, 11) is 1.65. The third-order valence-corrected chi connectivity index (χ3v) is 4.11. The van der Waals surface area contributed by atoms with Crippen LogP contribution in [0.5, 0.6) is 5.75 Å². The Balaban J connectivity index is 1.83. The van der Waals surface area contributed by atoms with Crippen molar-refractivity contribution >= 4 is 5.91 Å². The summed E-state index contributed by atoms with van der Waals surface area (Å²) < 4.78 is 5.20. The van der Waals surface area contributed by atoms with E-state index in [1.165, 1.54) is 0 Å². The van der Waals surface area contributed by atoms with Gasteiger partial charge < -0.3 is 15.2 Å². The first kappa shape index (κ1) is 15.8. The van der Waals surface area contributed by atoms with Crippen LogP contribution in [0.2, 0.25) is 0 Å². The lowest BCUT2D eigenvalue weighted by molar-refractivity contribution is -0.126. The van der Waals surface area contributed by atoms with Crippen LogP contribution in [0.3, 0.4) is 0 Å². The molecule has 0 bridgehead atoms. The molecule has 0 aliphatic heterocycles. The van der Waals surface area contributed by atoms with Crippen LogP contribution in [0.25, 0.3) is 0 Å². The highest BCUT2D eigenvalue weighted by Crippen LogP contribution is 2.32. The Kier molecular flexibility index (Phi) is 5.23. The highest BCUT2D eigenvalue weighted by atomic mass is 16.5. The Labute approximate surface area is 126 Å². The lowest BCUT2D eigenvalue weighted by atomic mass is 9.97. The lowest BCUT2D eigenvalue weighted by Crippen LogP contribution is -2.39. The molecular formula is C17H25NO3. The van der Waals surface area contributed by atoms with Crippen molar-refractivity contribution in [3.05, 3.63) is 29.8 Å². The Hall–Kier alpha value is -1.55. The van der Waals surface area contributed by atoms with Gasteiger partial charge in [0.25, 0.3) is 0 Å². The van der Waals surface area contributed by atoms with Gasteiger partial charge in [0.1, 0.15) is 5.75 Å². The third kappa shape index (κ3) is 4.74. The fourth-order valence-corrected chi connectivity index (χ4v) is 3.04. The normalized spacial score (nSPS) is 18.2. The molecule has 2 N–H and O–H groups in total. The van der Waals surface area contributed by atoms with Crippen molar-refractivity contribution in [2.24, 2.45) is 0 Å². The van der Waals surface area contributed by atoms with E-state index in [1.54, 1.807) is 7.11 Å². The second-order valence-corrected chi connectivity index (χ2v) is 6.13. The van der Waals surface area contributed by atoms with Crippen LogP contribution < -0.4 is 10.1 Å². The van der Waals surface area contributed by atoms with E-state index in [1.807, 2.05) is 31.2 Å². The minimum absolute atomic E-state index is 0.0367. The molecule has 1 aromatic rings. The summed E-state index contributed by atoms with van der Waals surface area (Å²) in [5.41, 5.74) is 0.349. The van der Waals surface area contributed by atoms with E-state index in [-0.39, 0.29) is 18.4 Å². The van der Waals surface area contributed by atoms with Gasteiger partial charge in [-0.15, -0.1) is 0 Å². The topological polar surface area (TPSA) is 58.6 Å². The van der Waals surface area contributed by atoms with E-state index in [4.69, 9.17) is 4.74 Å². The number of rotatable bonds is 6. The summed E-state index contributed by atoms with van der Waals surface area (Å²) in [6.45, 7) is 1.98. The van der Waals surface area contributed by atoms with E-state index in [0.29, 0.717) is 0 Å². The van der Waals surface area contributed by atoms with Gasteiger partial charge in [-0.25, -0.2) is 0 Å². The zero-order chi connectivity index (χ0) is 15.3. The molecule has 0 saturated heterocycles. The van der Waals surface area contributed by atoms with E-state index < -0.39 is 5.60 Å². The summed E-state index contributed by atoms with van der Waals surface area (Å²) >= 11 is 0. The summed E-state index contributed by atoms with van der Waals surface area (Å²) in [6, 6.07) is 7.89. The molecule has 1 amide bonds. The molecule has 4 nitrogen and oxygen atoms in total. The Morgan fingerprint density at radius 3 is 2.81 bits per heavy atom. The first-order valence-electron chi connectivity index (χ1n) is 7.65. The van der Waals surface area contributed by atoms with Crippen molar-refractivity contribution in [3.63, 3.8) is 0 Å². The van der Waals surface area contributed by atoms with E-state index in [2.05, 4.69) is 5.32 Å². The summed E-state index contributed by atoms with van der Waals surface area (Å²) in [5.74, 6) is 0.765. The van der Waals surface area contributed by atoms with E-state index in [0.717, 1.165) is 43.4 Å². The number of carbonyl (C=O) groups excluding carboxylic acids is 1. The largest absolute Gasteiger partial charge is 0.497 e. The zero-order valence-electron chi connectivity index (χ0n) is 12.9. The van der Waals surface area contributed by atoms with Gasteiger partial charge in [0, 0.05) is 6.04 Å². The number of aliphatic hydroxyl groups is 1. The number of hydrogen-bond donors (Lipinski definition) is 2. The highest BCUT2D eigenvalue weighted by molar-refractivity contribution is 5.77. The van der Waals surface area contributed by atoms with Crippen molar-refractivity contribution in [2.75, 3.05) is 7.11 Å². The molecule has 1 unspecified atom stereocenters. The summed E-state index contributed by atoms with van der Waals surface area (Å²) in [5, 5.41) is 13.2. The molecule has 1 aromatic carbocycles. The Morgan fingerprint density at radius 1 is 1.43 bits per heavy atom. The second-order valence-electron chi connectivity index (χ2n) is 6.13. The number of amides is 1. The molecule has 0 radical (unpaired) electrons. The second kappa shape index (κ2) is 6.94. The molecule has 0 heterocycles. The Morgan fingerprint density at radius 2 is 2.14 bits per heavy atom. The van der Waals surface area contributed by atoms with Gasteiger partial charge in [0.15, 0.2) is 0 Å². The van der Waals surface area contributed by atoms with E-state index >= 15 is 0 Å². The summed E-state index contributed by atoms with van der Waals surface area (Å²) in [4.78, 5) is 12.0. The van der Waals surface area contributed by atoms with Crippen LogP contribution in [0.15, 0.2) is 24.3 Å². The number of ether oxygens (including phenoxy) is 1. The minimum atomic E-state index is -0.778. The van der Waals surface area contributed by atoms with Gasteiger partial charge >= 0.3 is 0 Å². The molecule has 2 rings (SSSR count). The average Bonchev–Trinajstić information content (AvgIpc) is 2.84. The molecule has 1 aliphatic carbocycles. The molecule has 1 aliphatic rings. The van der Waals surface area contributed by atoms with Crippen molar-refractivity contribution in [1.82, 2.24) is 5.32 Å². The molecule has 1 saturated carbocycles. The number of benzene rings is 1. The maximum absolute atomic E-state index is 12.0. The zero-order valence-corrected chi connectivity index (χ0v) is 12.9. The van der Waals surface area contributed by atoms with Crippen LogP contribution >= 0.6 is 0 Å². The molecule has 0 spiro atoms. The standard InChI is InChI=1S/C17H25NO3/c1-13(10-14-6-5-7-15(11-14)21-2)18-16(19)12-17(20)8-3-4-9-17/h5-7,11,13,20H,3-4,8-10,12H2,1-2H3,(H,18,19). The first-order chi connectivity index (χ1) is 10.0. The van der Waals surface area contributed by atoms with Crippen molar-refractivity contribution in [3.8, 4) is 5.75 Å². The van der Waals surface area contributed by atoms with Crippen molar-refractivity contribution in [2.45, 2.75) is 57.1 Å². The average molecular weight is 291 g/mol. The monoisotopic (exact) mass is 291 g/mol. The fraction of sp³-hybridized carbons (Fsp3) is 0.588. The van der Waals surface area contributed by atoms with Gasteiger partial charge in [-0.05, 0) is 43.9 Å². The molecule has 1 atom stereocenters.